The molecule has 1 aliphatic rings. The first-order valence-corrected chi connectivity index (χ1v) is 22.2. The molecule has 0 saturated carbocycles. The molecule has 1 saturated heterocycles. The van der Waals surface area contributed by atoms with Gasteiger partial charge in [-0.25, -0.2) is 9.97 Å². The van der Waals surface area contributed by atoms with Crippen molar-refractivity contribution in [2.75, 3.05) is 25.6 Å². The number of carbonyl (C=O) groups is 4. The summed E-state index contributed by atoms with van der Waals surface area (Å²) >= 11 is 1.60. The standard InChI is InChI=1S/C47H58N8O6S/c1-7-33-26-38(54-53-33)35-14-12-15-37(50-35)44(57)51-36-23-22-34(27-40(36)60-6)61-25-11-9-8-10-17-41(56)52-43(47(3,4)5)46(59)55-24-13-16-39(55)45(58)48-28-31-18-20-32(21-19-31)42-30(2)49-29-62-42/h12,14-15,18-23,26-27,29,39,43H,7-11,13,16-17,24-25,28H2,1-6H3,(H,48,58)(H,51,57)(H,52,56)(H,53,54)/t39-,43+/m0/s1. The van der Waals surface area contributed by atoms with Gasteiger partial charge in [0, 0.05) is 25.6 Å². The number of aromatic amines is 1. The topological polar surface area (TPSA) is 181 Å². The van der Waals surface area contributed by atoms with Gasteiger partial charge in [-0.1, -0.05) is 70.9 Å². The highest BCUT2D eigenvalue weighted by atomic mass is 32.1. The minimum Gasteiger partial charge on any atom is -0.494 e. The quantitative estimate of drug-likeness (QED) is 0.0601. The second kappa shape index (κ2) is 21.1. The molecule has 0 radical (unpaired) electrons. The van der Waals surface area contributed by atoms with E-state index in [4.69, 9.17) is 9.47 Å². The van der Waals surface area contributed by atoms with Crippen LogP contribution in [0.3, 0.4) is 0 Å². The largest absolute Gasteiger partial charge is 0.494 e. The van der Waals surface area contributed by atoms with Crippen LogP contribution in [0.15, 0.2) is 72.2 Å². The summed E-state index contributed by atoms with van der Waals surface area (Å²) < 4.78 is 11.5. The molecule has 0 unspecified atom stereocenters. The van der Waals surface area contributed by atoms with E-state index in [0.717, 1.165) is 65.2 Å². The molecule has 0 spiro atoms. The van der Waals surface area contributed by atoms with Gasteiger partial charge in [-0.15, -0.1) is 11.3 Å². The van der Waals surface area contributed by atoms with Gasteiger partial charge in [0.2, 0.25) is 17.7 Å². The molecule has 15 heteroatoms. The highest BCUT2D eigenvalue weighted by molar-refractivity contribution is 7.13. The van der Waals surface area contributed by atoms with Crippen molar-refractivity contribution in [1.82, 2.24) is 35.7 Å². The first-order chi connectivity index (χ1) is 29.8. The van der Waals surface area contributed by atoms with Gasteiger partial charge in [-0.3, -0.25) is 24.3 Å². The smallest absolute Gasteiger partial charge is 0.274 e. The van der Waals surface area contributed by atoms with Crippen molar-refractivity contribution in [2.24, 2.45) is 5.41 Å². The number of rotatable bonds is 19. The van der Waals surface area contributed by atoms with E-state index in [-0.39, 0.29) is 29.3 Å². The molecule has 5 aromatic rings. The SMILES string of the molecule is CCc1cc(-c2cccc(C(=O)Nc3ccc(OCCCCCCC(=O)N[C@H](C(=O)N4CCC[C@H]4C(=O)NCc4ccc(-c5scnc5C)cc4)C(C)(C)C)cc3OC)n2)[nH]n1. The summed E-state index contributed by atoms with van der Waals surface area (Å²) in [7, 11) is 1.53. The molecular formula is C47H58N8O6S. The molecule has 1 fully saturated rings. The Kier molecular flexibility index (Phi) is 15.5. The summed E-state index contributed by atoms with van der Waals surface area (Å²) in [6, 6.07) is 19.1. The third kappa shape index (κ3) is 11.8. The molecule has 2 atom stereocenters. The predicted molar refractivity (Wildman–Crippen MR) is 241 cm³/mol. The number of H-pyrrole nitrogens is 1. The number of carbonyl (C=O) groups excluding carboxylic acids is 4. The number of hydrogen-bond donors (Lipinski definition) is 4. The average Bonchev–Trinajstić information content (AvgIpc) is 4.06. The number of hydrogen-bond acceptors (Lipinski definition) is 10. The monoisotopic (exact) mass is 862 g/mol. The van der Waals surface area contributed by atoms with Gasteiger partial charge in [0.1, 0.15) is 29.3 Å². The van der Waals surface area contributed by atoms with Crippen molar-refractivity contribution < 1.29 is 28.7 Å². The highest BCUT2D eigenvalue weighted by Gasteiger charge is 2.41. The highest BCUT2D eigenvalue weighted by Crippen LogP contribution is 2.31. The second-order valence-electron chi connectivity index (χ2n) is 16.6. The number of aromatic nitrogens is 4. The van der Waals surface area contributed by atoms with E-state index in [1.54, 1.807) is 46.6 Å². The van der Waals surface area contributed by atoms with Crippen molar-refractivity contribution in [3.63, 3.8) is 0 Å². The van der Waals surface area contributed by atoms with Crippen LogP contribution in [0, 0.1) is 12.3 Å². The van der Waals surface area contributed by atoms with Crippen molar-refractivity contribution in [2.45, 2.75) is 105 Å². The zero-order chi connectivity index (χ0) is 44.2. The number of pyridine rings is 1. The molecule has 2 aromatic carbocycles. The van der Waals surface area contributed by atoms with Gasteiger partial charge in [0.25, 0.3) is 5.91 Å². The fourth-order valence-electron chi connectivity index (χ4n) is 7.38. The summed E-state index contributed by atoms with van der Waals surface area (Å²) in [5.74, 6) is 0.0892. The Morgan fingerprint density at radius 1 is 1.00 bits per heavy atom. The summed E-state index contributed by atoms with van der Waals surface area (Å²) in [4.78, 5) is 65.3. The number of unbranched alkanes of at least 4 members (excludes halogenated alkanes) is 3. The van der Waals surface area contributed by atoms with Gasteiger partial charge < -0.3 is 30.3 Å². The Morgan fingerprint density at radius 2 is 1.79 bits per heavy atom. The summed E-state index contributed by atoms with van der Waals surface area (Å²) in [5.41, 5.74) is 7.36. The van der Waals surface area contributed by atoms with E-state index in [0.29, 0.717) is 61.8 Å². The van der Waals surface area contributed by atoms with Gasteiger partial charge in [-0.05, 0) is 85.9 Å². The van der Waals surface area contributed by atoms with Gasteiger partial charge >= 0.3 is 0 Å². The zero-order valence-electron chi connectivity index (χ0n) is 36.5. The Labute approximate surface area is 367 Å². The number of anilines is 1. The molecule has 4 amide bonds. The van der Waals surface area contributed by atoms with Gasteiger partial charge in [0.15, 0.2) is 0 Å². The zero-order valence-corrected chi connectivity index (χ0v) is 37.3. The third-order valence-corrected chi connectivity index (χ3v) is 11.9. The number of likely N-dealkylation sites (tertiary alicyclic amines) is 1. The number of benzene rings is 2. The van der Waals surface area contributed by atoms with Crippen LogP contribution in [0.1, 0.15) is 100 Å². The maximum Gasteiger partial charge on any atom is 0.274 e. The lowest BCUT2D eigenvalue weighted by atomic mass is 9.85. The number of nitrogens with one attached hydrogen (secondary N) is 4. The normalized spacial score (nSPS) is 14.3. The minimum absolute atomic E-state index is 0.183. The lowest BCUT2D eigenvalue weighted by molar-refractivity contribution is -0.143. The molecular weight excluding hydrogens is 805 g/mol. The molecule has 14 nitrogen and oxygen atoms in total. The second-order valence-corrected chi connectivity index (χ2v) is 17.5. The Hall–Kier alpha value is -6.09. The van der Waals surface area contributed by atoms with Crippen LogP contribution in [-0.2, 0) is 27.3 Å². The third-order valence-electron chi connectivity index (χ3n) is 10.9. The van der Waals surface area contributed by atoms with Crippen LogP contribution in [0.25, 0.3) is 21.8 Å². The number of ether oxygens (including phenoxy) is 2. The number of amides is 4. The molecule has 62 heavy (non-hydrogen) atoms. The number of methoxy groups -OCH3 is 1. The summed E-state index contributed by atoms with van der Waals surface area (Å²) in [6.07, 6.45) is 5.49. The molecule has 0 bridgehead atoms. The molecule has 3 aromatic heterocycles. The van der Waals surface area contributed by atoms with Crippen molar-refractivity contribution in [3.05, 3.63) is 94.9 Å². The van der Waals surface area contributed by atoms with Crippen LogP contribution in [0.4, 0.5) is 5.69 Å². The Morgan fingerprint density at radius 3 is 2.50 bits per heavy atom. The van der Waals surface area contributed by atoms with E-state index in [1.807, 2.05) is 76.5 Å². The van der Waals surface area contributed by atoms with Crippen LogP contribution >= 0.6 is 11.3 Å². The Bertz CT molecular complexity index is 2320. The maximum absolute atomic E-state index is 14.0. The fourth-order valence-corrected chi connectivity index (χ4v) is 8.19. The number of nitrogens with zero attached hydrogens (tertiary/aromatic N) is 4. The maximum atomic E-state index is 14.0. The fraction of sp³-hybridized carbons (Fsp3) is 0.426. The van der Waals surface area contributed by atoms with E-state index >= 15 is 0 Å². The van der Waals surface area contributed by atoms with Crippen molar-refractivity contribution in [1.29, 1.82) is 0 Å². The van der Waals surface area contributed by atoms with E-state index in [9.17, 15) is 19.2 Å². The Balaban J connectivity index is 0.907. The van der Waals surface area contributed by atoms with Crippen molar-refractivity contribution >= 4 is 40.7 Å². The lowest BCUT2D eigenvalue weighted by Gasteiger charge is -2.35. The first-order valence-electron chi connectivity index (χ1n) is 21.4. The molecule has 1 aliphatic heterocycles. The molecule has 0 aliphatic carbocycles. The first kappa shape index (κ1) is 45.4. The van der Waals surface area contributed by atoms with E-state index in [1.165, 1.54) is 7.11 Å². The lowest BCUT2D eigenvalue weighted by Crippen LogP contribution is -2.57. The number of aryl methyl sites for hydroxylation is 2. The average molecular weight is 863 g/mol. The summed E-state index contributed by atoms with van der Waals surface area (Å²) in [6.45, 7) is 11.1. The van der Waals surface area contributed by atoms with Gasteiger partial charge in [-0.2, -0.15) is 5.10 Å². The molecule has 4 heterocycles. The molecule has 4 N–H and O–H groups in total. The van der Waals surface area contributed by atoms with Crippen LogP contribution < -0.4 is 25.4 Å². The van der Waals surface area contributed by atoms with Crippen LogP contribution in [0.5, 0.6) is 11.5 Å². The van der Waals surface area contributed by atoms with Crippen LogP contribution in [-0.4, -0.2) is 81.0 Å². The molecule has 328 valence electrons. The molecule has 6 rings (SSSR count). The van der Waals surface area contributed by atoms with E-state index < -0.39 is 17.5 Å². The van der Waals surface area contributed by atoms with Crippen molar-refractivity contribution in [3.8, 4) is 33.3 Å². The summed E-state index contributed by atoms with van der Waals surface area (Å²) in [5, 5.41) is 16.1. The predicted octanol–water partition coefficient (Wildman–Crippen LogP) is 7.89. The minimum atomic E-state index is -0.763. The van der Waals surface area contributed by atoms with Crippen LogP contribution in [0.2, 0.25) is 0 Å². The van der Waals surface area contributed by atoms with Gasteiger partial charge in [0.05, 0.1) is 52.6 Å². The van der Waals surface area contributed by atoms with E-state index in [2.05, 4.69) is 36.1 Å². The number of thiazole rings is 1.